The van der Waals surface area contributed by atoms with Crippen LogP contribution in [0.1, 0.15) is 16.8 Å². The number of nitrogens with two attached hydrogens (primary N) is 1. The first-order valence-corrected chi connectivity index (χ1v) is 5.53. The van der Waals surface area contributed by atoms with Crippen LogP contribution in [-0.2, 0) is 9.53 Å². The van der Waals surface area contributed by atoms with Gasteiger partial charge in [-0.25, -0.2) is 5.84 Å². The molecule has 0 aromatic heterocycles. The van der Waals surface area contributed by atoms with Crippen molar-refractivity contribution in [3.8, 4) is 5.75 Å². The Morgan fingerprint density at radius 1 is 1.28 bits per heavy atom. The van der Waals surface area contributed by atoms with Gasteiger partial charge in [-0.15, -0.1) is 0 Å². The van der Waals surface area contributed by atoms with Gasteiger partial charge in [0.1, 0.15) is 18.6 Å². The third-order valence-corrected chi connectivity index (χ3v) is 2.13. The second kappa shape index (κ2) is 8.21. The molecule has 1 aromatic rings. The van der Waals surface area contributed by atoms with Crippen molar-refractivity contribution < 1.29 is 19.1 Å². The number of hydrazine groups is 1. The monoisotopic (exact) mass is 252 g/mol. The summed E-state index contributed by atoms with van der Waals surface area (Å²) in [6, 6.07) is 6.77. The van der Waals surface area contributed by atoms with Gasteiger partial charge in [0, 0.05) is 6.42 Å². The summed E-state index contributed by atoms with van der Waals surface area (Å²) in [6.07, 6.45) is 1.16. The van der Waals surface area contributed by atoms with E-state index >= 15 is 0 Å². The lowest BCUT2D eigenvalue weighted by molar-refractivity contribution is -0.108. The van der Waals surface area contributed by atoms with Gasteiger partial charge < -0.3 is 14.3 Å². The second-order valence-electron chi connectivity index (χ2n) is 3.39. The highest BCUT2D eigenvalue weighted by Crippen LogP contribution is 2.17. The average molecular weight is 252 g/mol. The van der Waals surface area contributed by atoms with Crippen LogP contribution in [0.3, 0.4) is 0 Å². The molecule has 6 heteroatoms. The molecule has 6 nitrogen and oxygen atoms in total. The Kier molecular flexibility index (Phi) is 6.45. The normalized spacial score (nSPS) is 9.83. The average Bonchev–Trinajstić information content (AvgIpc) is 2.42. The Hall–Kier alpha value is -1.92. The molecule has 0 unspecified atom stereocenters. The molecule has 0 bridgehead atoms. The standard InChI is InChI=1S/C12H16N2O4/c13-14-12(16)10-4-1-2-5-11(10)18-9-8-17-7-3-6-15/h1-2,4-6H,3,7-9,13H2,(H,14,16). The van der Waals surface area contributed by atoms with Crippen molar-refractivity contribution in [3.63, 3.8) is 0 Å². The summed E-state index contributed by atoms with van der Waals surface area (Å²) in [5.74, 6) is 5.10. The number of hydrogen-bond acceptors (Lipinski definition) is 5. The molecular weight excluding hydrogens is 236 g/mol. The molecule has 98 valence electrons. The van der Waals surface area contributed by atoms with Crippen molar-refractivity contribution >= 4 is 12.2 Å². The highest BCUT2D eigenvalue weighted by atomic mass is 16.5. The van der Waals surface area contributed by atoms with E-state index in [-0.39, 0.29) is 0 Å². The maximum atomic E-state index is 11.4. The van der Waals surface area contributed by atoms with Crippen LogP contribution in [0.5, 0.6) is 5.75 Å². The van der Waals surface area contributed by atoms with Crippen LogP contribution in [0.15, 0.2) is 24.3 Å². The molecular formula is C12H16N2O4. The van der Waals surface area contributed by atoms with Gasteiger partial charge in [-0.2, -0.15) is 0 Å². The number of ether oxygens (including phenoxy) is 2. The van der Waals surface area contributed by atoms with Crippen molar-refractivity contribution in [1.29, 1.82) is 0 Å². The first-order valence-electron chi connectivity index (χ1n) is 5.53. The van der Waals surface area contributed by atoms with E-state index in [1.807, 2.05) is 0 Å². The molecule has 0 atom stereocenters. The zero-order valence-electron chi connectivity index (χ0n) is 9.93. The summed E-state index contributed by atoms with van der Waals surface area (Å²) in [4.78, 5) is 21.5. The van der Waals surface area contributed by atoms with Crippen LogP contribution in [0.2, 0.25) is 0 Å². The lowest BCUT2D eigenvalue weighted by atomic mass is 10.2. The van der Waals surface area contributed by atoms with Crippen LogP contribution >= 0.6 is 0 Å². The van der Waals surface area contributed by atoms with Crippen LogP contribution in [0.4, 0.5) is 0 Å². The molecule has 0 radical (unpaired) electrons. The maximum absolute atomic E-state index is 11.4. The Labute approximate surface area is 105 Å². The van der Waals surface area contributed by atoms with Gasteiger partial charge in [-0.3, -0.25) is 10.2 Å². The van der Waals surface area contributed by atoms with E-state index in [2.05, 4.69) is 5.43 Å². The minimum absolute atomic E-state index is 0.299. The van der Waals surface area contributed by atoms with E-state index in [9.17, 15) is 9.59 Å². The number of carbonyl (C=O) groups excluding carboxylic acids is 2. The number of carbonyl (C=O) groups is 2. The topological polar surface area (TPSA) is 90.7 Å². The molecule has 0 spiro atoms. The van der Waals surface area contributed by atoms with E-state index in [1.165, 1.54) is 0 Å². The lowest BCUT2D eigenvalue weighted by Crippen LogP contribution is -2.30. The number of nitrogen functional groups attached to an aromatic ring is 1. The van der Waals surface area contributed by atoms with Gasteiger partial charge in [0.15, 0.2) is 0 Å². The predicted molar refractivity (Wildman–Crippen MR) is 65.1 cm³/mol. The molecule has 1 rings (SSSR count). The Morgan fingerprint density at radius 3 is 2.78 bits per heavy atom. The molecule has 0 aliphatic carbocycles. The Balaban J connectivity index is 2.42. The molecule has 0 aliphatic rings. The fourth-order valence-electron chi connectivity index (χ4n) is 1.30. The number of aldehydes is 1. The van der Waals surface area contributed by atoms with Gasteiger partial charge in [-0.05, 0) is 12.1 Å². The minimum atomic E-state index is -0.410. The predicted octanol–water partition coefficient (Wildman–Crippen LogP) is 0.274. The van der Waals surface area contributed by atoms with Gasteiger partial charge >= 0.3 is 0 Å². The van der Waals surface area contributed by atoms with E-state index in [0.717, 1.165) is 6.29 Å². The van der Waals surface area contributed by atoms with Crippen molar-refractivity contribution in [1.82, 2.24) is 5.43 Å². The van der Waals surface area contributed by atoms with Crippen LogP contribution in [-0.4, -0.2) is 32.0 Å². The van der Waals surface area contributed by atoms with Gasteiger partial charge in [0.2, 0.25) is 0 Å². The number of amides is 1. The van der Waals surface area contributed by atoms with Crippen molar-refractivity contribution in [2.75, 3.05) is 19.8 Å². The molecule has 1 amide bonds. The van der Waals surface area contributed by atoms with Crippen molar-refractivity contribution in [2.45, 2.75) is 6.42 Å². The minimum Gasteiger partial charge on any atom is -0.490 e. The molecule has 0 heterocycles. The third-order valence-electron chi connectivity index (χ3n) is 2.13. The Morgan fingerprint density at radius 2 is 2.06 bits per heavy atom. The molecule has 1 aromatic carbocycles. The van der Waals surface area contributed by atoms with E-state index in [4.69, 9.17) is 15.3 Å². The fourth-order valence-corrected chi connectivity index (χ4v) is 1.30. The number of benzene rings is 1. The van der Waals surface area contributed by atoms with E-state index in [1.54, 1.807) is 24.3 Å². The number of para-hydroxylation sites is 1. The zero-order chi connectivity index (χ0) is 13.2. The highest BCUT2D eigenvalue weighted by molar-refractivity contribution is 5.96. The number of nitrogens with one attached hydrogen (secondary N) is 1. The summed E-state index contributed by atoms with van der Waals surface area (Å²) < 4.78 is 10.6. The number of hydrogen-bond donors (Lipinski definition) is 2. The third kappa shape index (κ3) is 4.52. The molecule has 3 N–H and O–H groups in total. The quantitative estimate of drug-likeness (QED) is 0.228. The smallest absolute Gasteiger partial charge is 0.268 e. The number of rotatable bonds is 8. The van der Waals surface area contributed by atoms with Crippen LogP contribution in [0.25, 0.3) is 0 Å². The zero-order valence-corrected chi connectivity index (χ0v) is 9.93. The van der Waals surface area contributed by atoms with Crippen molar-refractivity contribution in [3.05, 3.63) is 29.8 Å². The highest BCUT2D eigenvalue weighted by Gasteiger charge is 2.09. The van der Waals surface area contributed by atoms with E-state index in [0.29, 0.717) is 37.6 Å². The molecule has 0 aliphatic heterocycles. The maximum Gasteiger partial charge on any atom is 0.268 e. The first-order chi connectivity index (χ1) is 8.79. The van der Waals surface area contributed by atoms with Crippen molar-refractivity contribution in [2.24, 2.45) is 5.84 Å². The van der Waals surface area contributed by atoms with Crippen LogP contribution in [0, 0.1) is 0 Å². The largest absolute Gasteiger partial charge is 0.490 e. The van der Waals surface area contributed by atoms with E-state index < -0.39 is 5.91 Å². The molecule has 0 saturated carbocycles. The summed E-state index contributed by atoms with van der Waals surface area (Å²) in [5, 5.41) is 0. The second-order valence-corrected chi connectivity index (χ2v) is 3.39. The summed E-state index contributed by atoms with van der Waals surface area (Å²) in [5.41, 5.74) is 2.42. The first kappa shape index (κ1) is 14.1. The summed E-state index contributed by atoms with van der Waals surface area (Å²) in [7, 11) is 0. The summed E-state index contributed by atoms with van der Waals surface area (Å²) >= 11 is 0. The van der Waals surface area contributed by atoms with Gasteiger partial charge in [0.05, 0.1) is 18.8 Å². The fraction of sp³-hybridized carbons (Fsp3) is 0.333. The molecule has 0 saturated heterocycles. The van der Waals surface area contributed by atoms with Gasteiger partial charge in [-0.1, -0.05) is 12.1 Å². The van der Waals surface area contributed by atoms with Gasteiger partial charge in [0.25, 0.3) is 5.91 Å². The van der Waals surface area contributed by atoms with Crippen LogP contribution < -0.4 is 16.0 Å². The summed E-state index contributed by atoms with van der Waals surface area (Å²) in [6.45, 7) is 1.03. The molecule has 18 heavy (non-hydrogen) atoms. The lowest BCUT2D eigenvalue weighted by Gasteiger charge is -2.10. The Bertz CT molecular complexity index is 395. The SMILES string of the molecule is NNC(=O)c1ccccc1OCCOCCC=O. The molecule has 0 fully saturated rings.